The number of nitrogens with zero attached hydrogens (tertiary/aromatic N) is 1. The molecule has 1 aliphatic heterocycles. The van der Waals surface area contributed by atoms with Crippen molar-refractivity contribution in [3.05, 3.63) is 0 Å². The molecule has 0 aliphatic carbocycles. The van der Waals surface area contributed by atoms with E-state index in [2.05, 4.69) is 0 Å². The van der Waals surface area contributed by atoms with Crippen molar-refractivity contribution < 1.29 is 19.5 Å². The zero-order valence-electron chi connectivity index (χ0n) is 13.4. The van der Waals surface area contributed by atoms with E-state index in [0.29, 0.717) is 12.8 Å². The summed E-state index contributed by atoms with van der Waals surface area (Å²) in [4.78, 5) is 23.7. The van der Waals surface area contributed by atoms with Gasteiger partial charge in [0.15, 0.2) is 5.78 Å². The van der Waals surface area contributed by atoms with Gasteiger partial charge in [0.25, 0.3) is 0 Å². The van der Waals surface area contributed by atoms with Crippen LogP contribution in [0.5, 0.6) is 0 Å². The fourth-order valence-corrected chi connectivity index (χ4v) is 2.89. The van der Waals surface area contributed by atoms with Gasteiger partial charge < -0.3 is 4.74 Å². The topological polar surface area (TPSA) is 66.5 Å². The largest absolute Gasteiger partial charge is 0.457 e. The van der Waals surface area contributed by atoms with Crippen LogP contribution in [0.2, 0.25) is 0 Å². The number of Topliss-reactive ketones (excluding diaryl/α,β-unsaturated/α-hetero) is 1. The number of hydroxylamine groups is 2. The monoisotopic (exact) mass is 284 g/mol. The number of ketones is 1. The molecule has 115 valence electrons. The van der Waals surface area contributed by atoms with Gasteiger partial charge in [0, 0.05) is 12.0 Å². The molecule has 0 N–H and O–H groups in total. The molecule has 1 heterocycles. The molecule has 5 nitrogen and oxygen atoms in total. The minimum absolute atomic E-state index is 0.0811. The first-order chi connectivity index (χ1) is 8.98. The zero-order valence-corrected chi connectivity index (χ0v) is 13.4. The predicted octanol–water partition coefficient (Wildman–Crippen LogP) is 2.37. The number of ether oxygens (including phenoxy) is 1. The van der Waals surface area contributed by atoms with Crippen molar-refractivity contribution in [2.24, 2.45) is 11.8 Å². The number of hydrogen-bond acceptors (Lipinski definition) is 4. The van der Waals surface area contributed by atoms with Crippen LogP contribution in [0, 0.1) is 11.8 Å². The maximum Gasteiger partial charge on any atom is 0.311 e. The normalized spacial score (nSPS) is 24.9. The lowest BCUT2D eigenvalue weighted by Gasteiger charge is -2.32. The maximum atomic E-state index is 12.2. The summed E-state index contributed by atoms with van der Waals surface area (Å²) in [5, 5.41) is 13.2. The SMILES string of the molecule is CC(C)CC(=O)COC(=O)C1CC(C)(C)N([O])C1(C)C. The third-order valence-corrected chi connectivity index (χ3v) is 3.93. The quantitative estimate of drug-likeness (QED) is 0.727. The van der Waals surface area contributed by atoms with Crippen LogP contribution < -0.4 is 0 Å². The van der Waals surface area contributed by atoms with Gasteiger partial charge in [-0.15, -0.1) is 10.3 Å². The standard InChI is InChI=1S/C15H26NO4/c1-10(2)7-11(17)9-20-13(18)12-8-14(3,4)16(19)15(12,5)6/h10,12H,7-9H2,1-6H3. The molecule has 1 unspecified atom stereocenters. The van der Waals surface area contributed by atoms with Crippen molar-refractivity contribution in [1.29, 1.82) is 0 Å². The Labute approximate surface area is 121 Å². The van der Waals surface area contributed by atoms with E-state index in [9.17, 15) is 14.8 Å². The molecule has 0 spiro atoms. The lowest BCUT2D eigenvalue weighted by atomic mass is 9.87. The Kier molecular flexibility index (Phi) is 4.98. The Morgan fingerprint density at radius 3 is 2.20 bits per heavy atom. The van der Waals surface area contributed by atoms with E-state index in [-0.39, 0.29) is 18.3 Å². The highest BCUT2D eigenvalue weighted by molar-refractivity contribution is 5.83. The molecule has 5 heteroatoms. The summed E-state index contributed by atoms with van der Waals surface area (Å²) in [6.45, 7) is 10.8. The van der Waals surface area contributed by atoms with Crippen molar-refractivity contribution in [1.82, 2.24) is 5.06 Å². The van der Waals surface area contributed by atoms with E-state index >= 15 is 0 Å². The van der Waals surface area contributed by atoms with Crippen molar-refractivity contribution >= 4 is 11.8 Å². The summed E-state index contributed by atoms with van der Waals surface area (Å²) < 4.78 is 5.11. The molecule has 0 aromatic carbocycles. The summed E-state index contributed by atoms with van der Waals surface area (Å²) in [5.74, 6) is -0.775. The minimum Gasteiger partial charge on any atom is -0.457 e. The molecule has 1 fully saturated rings. The average molecular weight is 284 g/mol. The second-order valence-corrected chi connectivity index (χ2v) is 7.26. The zero-order chi connectivity index (χ0) is 15.7. The molecule has 0 bridgehead atoms. The Balaban J connectivity index is 2.63. The Bertz CT molecular complexity index is 387. The summed E-state index contributed by atoms with van der Waals surface area (Å²) >= 11 is 0. The van der Waals surface area contributed by atoms with Crippen molar-refractivity contribution in [2.75, 3.05) is 6.61 Å². The molecule has 20 heavy (non-hydrogen) atoms. The fourth-order valence-electron chi connectivity index (χ4n) is 2.89. The smallest absolute Gasteiger partial charge is 0.311 e. The predicted molar refractivity (Wildman–Crippen MR) is 74.2 cm³/mol. The highest BCUT2D eigenvalue weighted by Gasteiger charge is 2.55. The summed E-state index contributed by atoms with van der Waals surface area (Å²) in [6, 6.07) is 0. The second-order valence-electron chi connectivity index (χ2n) is 7.26. The molecular formula is C15H26NO4. The number of carbonyl (C=O) groups excluding carboxylic acids is 2. The van der Waals surface area contributed by atoms with E-state index in [1.54, 1.807) is 13.8 Å². The van der Waals surface area contributed by atoms with Crippen molar-refractivity contribution in [3.8, 4) is 0 Å². The van der Waals surface area contributed by atoms with Gasteiger partial charge in [0.05, 0.1) is 11.5 Å². The summed E-state index contributed by atoms with van der Waals surface area (Å²) in [6.07, 6.45) is 0.848. The molecule has 1 radical (unpaired) electrons. The summed E-state index contributed by atoms with van der Waals surface area (Å²) in [5.41, 5.74) is -1.39. The number of carbonyl (C=O) groups is 2. The third kappa shape index (κ3) is 3.58. The molecule has 0 saturated carbocycles. The third-order valence-electron chi connectivity index (χ3n) is 3.93. The number of esters is 1. The maximum absolute atomic E-state index is 12.2. The highest BCUT2D eigenvalue weighted by atomic mass is 16.5. The van der Waals surface area contributed by atoms with Crippen LogP contribution in [-0.4, -0.2) is 34.5 Å². The van der Waals surface area contributed by atoms with Crippen LogP contribution in [0.1, 0.15) is 54.4 Å². The lowest BCUT2D eigenvalue weighted by molar-refractivity contribution is -0.248. The molecule has 0 amide bonds. The number of rotatable bonds is 5. The van der Waals surface area contributed by atoms with E-state index < -0.39 is 23.0 Å². The van der Waals surface area contributed by atoms with Gasteiger partial charge in [-0.25, -0.2) is 0 Å². The van der Waals surface area contributed by atoms with E-state index in [4.69, 9.17) is 4.74 Å². The van der Waals surface area contributed by atoms with Crippen LogP contribution >= 0.6 is 0 Å². The average Bonchev–Trinajstić information content (AvgIpc) is 2.46. The van der Waals surface area contributed by atoms with Gasteiger partial charge in [-0.05, 0) is 40.0 Å². The van der Waals surface area contributed by atoms with Gasteiger partial charge in [-0.2, -0.15) is 0 Å². The van der Waals surface area contributed by atoms with E-state index in [0.717, 1.165) is 5.06 Å². The first-order valence-corrected chi connectivity index (χ1v) is 7.14. The Hall–Kier alpha value is -0.940. The molecule has 1 rings (SSSR count). The van der Waals surface area contributed by atoms with Gasteiger partial charge in [0.1, 0.15) is 6.61 Å². The van der Waals surface area contributed by atoms with Crippen LogP contribution in [-0.2, 0) is 19.5 Å². The Morgan fingerprint density at radius 2 is 1.80 bits per heavy atom. The molecule has 1 saturated heterocycles. The fraction of sp³-hybridized carbons (Fsp3) is 0.867. The van der Waals surface area contributed by atoms with Crippen LogP contribution in [0.4, 0.5) is 0 Å². The molecule has 1 atom stereocenters. The number of hydrogen-bond donors (Lipinski definition) is 0. The van der Waals surface area contributed by atoms with E-state index in [1.165, 1.54) is 0 Å². The first-order valence-electron chi connectivity index (χ1n) is 7.14. The minimum atomic E-state index is -0.804. The van der Waals surface area contributed by atoms with E-state index in [1.807, 2.05) is 27.7 Å². The second kappa shape index (κ2) is 5.82. The summed E-state index contributed by atoms with van der Waals surface area (Å²) in [7, 11) is 0. The van der Waals surface area contributed by atoms with Gasteiger partial charge in [-0.1, -0.05) is 13.8 Å². The molecule has 0 aromatic heterocycles. The molecular weight excluding hydrogens is 258 g/mol. The first kappa shape index (κ1) is 17.1. The highest BCUT2D eigenvalue weighted by Crippen LogP contribution is 2.44. The Morgan fingerprint density at radius 1 is 1.25 bits per heavy atom. The van der Waals surface area contributed by atoms with Crippen LogP contribution in [0.3, 0.4) is 0 Å². The van der Waals surface area contributed by atoms with Crippen molar-refractivity contribution in [3.63, 3.8) is 0 Å². The van der Waals surface area contributed by atoms with Crippen LogP contribution in [0.15, 0.2) is 0 Å². The van der Waals surface area contributed by atoms with Gasteiger partial charge >= 0.3 is 5.97 Å². The molecule has 0 aromatic rings. The van der Waals surface area contributed by atoms with Crippen LogP contribution in [0.25, 0.3) is 0 Å². The molecule has 1 aliphatic rings. The van der Waals surface area contributed by atoms with Gasteiger partial charge in [-0.3, -0.25) is 9.59 Å². The lowest BCUT2D eigenvalue weighted by Crippen LogP contribution is -2.47. The van der Waals surface area contributed by atoms with Gasteiger partial charge in [0.2, 0.25) is 0 Å². The van der Waals surface area contributed by atoms with Crippen molar-refractivity contribution in [2.45, 2.75) is 65.5 Å².